The van der Waals surface area contributed by atoms with Gasteiger partial charge in [-0.05, 0) is 42.3 Å². The van der Waals surface area contributed by atoms with Crippen LogP contribution in [0, 0.1) is 0 Å². The summed E-state index contributed by atoms with van der Waals surface area (Å²) in [6, 6.07) is 17.7. The van der Waals surface area contributed by atoms with Gasteiger partial charge in [0.2, 0.25) is 0 Å². The number of ketones is 1. The second-order valence-corrected chi connectivity index (χ2v) is 8.13. The van der Waals surface area contributed by atoms with Gasteiger partial charge in [-0.3, -0.25) is 9.69 Å². The summed E-state index contributed by atoms with van der Waals surface area (Å²) in [5.74, 6) is 0.470. The minimum absolute atomic E-state index is 0.0893. The zero-order valence-corrected chi connectivity index (χ0v) is 18.4. The van der Waals surface area contributed by atoms with Gasteiger partial charge in [-0.15, -0.1) is 0 Å². The molecule has 168 valence electrons. The van der Waals surface area contributed by atoms with E-state index >= 15 is 0 Å². The summed E-state index contributed by atoms with van der Waals surface area (Å²) in [6.07, 6.45) is 0.939. The highest BCUT2D eigenvalue weighted by atomic mass is 16.5. The number of hydrogen-bond acceptors (Lipinski definition) is 7. The summed E-state index contributed by atoms with van der Waals surface area (Å²) < 4.78 is 11.5. The van der Waals surface area contributed by atoms with Gasteiger partial charge in [-0.25, -0.2) is 0 Å². The maximum Gasteiger partial charge on any atom is 0.266 e. The van der Waals surface area contributed by atoms with E-state index in [4.69, 9.17) is 14.4 Å². The number of rotatable bonds is 8. The molecule has 0 unspecified atom stereocenters. The molecule has 32 heavy (non-hydrogen) atoms. The van der Waals surface area contributed by atoms with Gasteiger partial charge >= 0.3 is 0 Å². The quantitative estimate of drug-likeness (QED) is 0.253. The molecular formula is C25H29N3O4. The molecule has 0 saturated carbocycles. The van der Waals surface area contributed by atoms with Crippen molar-refractivity contribution in [2.75, 3.05) is 39.3 Å². The van der Waals surface area contributed by atoms with Crippen LogP contribution in [0.2, 0.25) is 0 Å². The van der Waals surface area contributed by atoms with Crippen molar-refractivity contribution in [1.82, 2.24) is 9.80 Å². The Hall–Kier alpha value is -3.16. The maximum absolute atomic E-state index is 11.7. The minimum atomic E-state index is -0.218. The molecule has 4 rings (SSSR count). The normalized spacial score (nSPS) is 15.8. The van der Waals surface area contributed by atoms with E-state index in [0.29, 0.717) is 17.9 Å². The van der Waals surface area contributed by atoms with Crippen molar-refractivity contribution in [2.45, 2.75) is 19.9 Å². The van der Waals surface area contributed by atoms with Crippen molar-refractivity contribution in [3.8, 4) is 5.75 Å². The average molecular weight is 436 g/mol. The molecule has 0 aliphatic carbocycles. The molecule has 3 aromatic rings. The highest BCUT2D eigenvalue weighted by molar-refractivity contribution is 5.96. The Bertz CT molecular complexity index is 1120. The summed E-state index contributed by atoms with van der Waals surface area (Å²) in [5, 5.41) is 13.0. The third kappa shape index (κ3) is 5.55. The van der Waals surface area contributed by atoms with Crippen molar-refractivity contribution >= 4 is 16.8 Å². The fourth-order valence-electron chi connectivity index (χ4n) is 4.01. The van der Waals surface area contributed by atoms with E-state index in [2.05, 4.69) is 45.3 Å². The molecule has 1 aliphatic rings. The minimum Gasteiger partial charge on any atom is -0.493 e. The number of piperazine rings is 1. The first-order valence-corrected chi connectivity index (χ1v) is 11.0. The lowest BCUT2D eigenvalue weighted by molar-refractivity contribution is 0.101. The Labute approximate surface area is 187 Å². The molecule has 0 atom stereocenters. The summed E-state index contributed by atoms with van der Waals surface area (Å²) in [6.45, 7) is 8.37. The van der Waals surface area contributed by atoms with Crippen LogP contribution in [0.25, 0.3) is 11.0 Å². The molecule has 1 aliphatic heterocycles. The molecule has 0 radical (unpaired) electrons. The topological polar surface area (TPSA) is 78.5 Å². The van der Waals surface area contributed by atoms with Crippen LogP contribution in [0.15, 0.2) is 64.2 Å². The van der Waals surface area contributed by atoms with Gasteiger partial charge in [0, 0.05) is 50.7 Å². The lowest BCUT2D eigenvalue weighted by Crippen LogP contribution is -2.46. The summed E-state index contributed by atoms with van der Waals surface area (Å²) >= 11 is 0. The Morgan fingerprint density at radius 2 is 1.81 bits per heavy atom. The van der Waals surface area contributed by atoms with Gasteiger partial charge in [0.25, 0.3) is 5.55 Å². The van der Waals surface area contributed by atoms with E-state index in [1.165, 1.54) is 12.5 Å². The largest absolute Gasteiger partial charge is 0.493 e. The first kappa shape index (κ1) is 22.0. The van der Waals surface area contributed by atoms with Crippen molar-refractivity contribution in [3.05, 3.63) is 71.3 Å². The number of hydrogen-bond donors (Lipinski definition) is 1. The molecule has 2 heterocycles. The zero-order valence-electron chi connectivity index (χ0n) is 18.4. The molecule has 1 saturated heterocycles. The lowest BCUT2D eigenvalue weighted by atomic mass is 10.1. The van der Waals surface area contributed by atoms with Crippen LogP contribution in [0.5, 0.6) is 5.75 Å². The van der Waals surface area contributed by atoms with Crippen molar-refractivity contribution in [1.29, 1.82) is 0 Å². The van der Waals surface area contributed by atoms with Crippen LogP contribution in [0.1, 0.15) is 29.3 Å². The lowest BCUT2D eigenvalue weighted by Gasteiger charge is -2.34. The second kappa shape index (κ2) is 10.4. The molecule has 1 aromatic heterocycles. The Balaban J connectivity index is 1.23. The first-order chi connectivity index (χ1) is 15.6. The van der Waals surface area contributed by atoms with Gasteiger partial charge < -0.3 is 19.3 Å². The number of nitrogens with zero attached hydrogens (tertiary/aromatic N) is 3. The van der Waals surface area contributed by atoms with Gasteiger partial charge in [0.1, 0.15) is 11.3 Å². The number of carbonyl (C=O) groups is 1. The van der Waals surface area contributed by atoms with E-state index in [1.54, 1.807) is 12.1 Å². The molecule has 1 fully saturated rings. The number of ether oxygens (including phenoxy) is 1. The molecule has 7 nitrogen and oxygen atoms in total. The zero-order chi connectivity index (χ0) is 22.3. The average Bonchev–Trinajstić information content (AvgIpc) is 2.82. The van der Waals surface area contributed by atoms with Crippen molar-refractivity contribution < 1.29 is 19.2 Å². The van der Waals surface area contributed by atoms with Gasteiger partial charge in [-0.2, -0.15) is 0 Å². The molecule has 2 aromatic carbocycles. The molecular weight excluding hydrogens is 406 g/mol. The number of benzene rings is 2. The Morgan fingerprint density at radius 1 is 1.06 bits per heavy atom. The monoisotopic (exact) mass is 435 g/mol. The SMILES string of the molecule is CC(=O)c1cc2ccc(OCCCN3CCN(Cc4ccccc4)CC3)cc2oc1=NO. The summed E-state index contributed by atoms with van der Waals surface area (Å²) in [5.41, 5.74) is 2.04. The van der Waals surface area contributed by atoms with Crippen LogP contribution in [-0.2, 0) is 6.54 Å². The van der Waals surface area contributed by atoms with E-state index in [1.807, 2.05) is 12.1 Å². The fraction of sp³-hybridized carbons (Fsp3) is 0.360. The second-order valence-electron chi connectivity index (χ2n) is 8.13. The number of fused-ring (bicyclic) bond motifs is 1. The molecule has 7 heteroatoms. The third-order valence-electron chi connectivity index (χ3n) is 5.79. The van der Waals surface area contributed by atoms with E-state index in [-0.39, 0.29) is 16.9 Å². The van der Waals surface area contributed by atoms with Crippen LogP contribution in [-0.4, -0.2) is 60.1 Å². The predicted octanol–water partition coefficient (Wildman–Crippen LogP) is 3.51. The molecule has 0 spiro atoms. The predicted molar refractivity (Wildman–Crippen MR) is 122 cm³/mol. The van der Waals surface area contributed by atoms with Crippen molar-refractivity contribution in [2.24, 2.45) is 5.16 Å². The molecule has 0 bridgehead atoms. The molecule has 0 amide bonds. The summed E-state index contributed by atoms with van der Waals surface area (Å²) in [7, 11) is 0. The van der Waals surface area contributed by atoms with E-state index in [0.717, 1.165) is 51.1 Å². The van der Waals surface area contributed by atoms with Crippen LogP contribution >= 0.6 is 0 Å². The standard InChI is InChI=1S/C25H29N3O4/c1-19(29)23-16-21-8-9-22(17-24(21)32-25(23)26-30)31-15-5-10-27-11-13-28(14-12-27)18-20-6-3-2-4-7-20/h2-4,6-9,16-17,30H,5,10-15,18H2,1H3. The van der Waals surface area contributed by atoms with Crippen LogP contribution < -0.4 is 10.3 Å². The van der Waals surface area contributed by atoms with E-state index in [9.17, 15) is 4.79 Å². The smallest absolute Gasteiger partial charge is 0.266 e. The van der Waals surface area contributed by atoms with Gasteiger partial charge in [-0.1, -0.05) is 30.3 Å². The van der Waals surface area contributed by atoms with Crippen LogP contribution in [0.3, 0.4) is 0 Å². The summed E-state index contributed by atoms with van der Waals surface area (Å²) in [4.78, 5) is 16.7. The first-order valence-electron chi connectivity index (χ1n) is 11.0. The van der Waals surface area contributed by atoms with Gasteiger partial charge in [0.15, 0.2) is 5.78 Å². The maximum atomic E-state index is 11.7. The van der Waals surface area contributed by atoms with Crippen LogP contribution in [0.4, 0.5) is 0 Å². The highest BCUT2D eigenvalue weighted by Gasteiger charge is 2.16. The highest BCUT2D eigenvalue weighted by Crippen LogP contribution is 2.21. The fourth-order valence-corrected chi connectivity index (χ4v) is 4.01. The molecule has 1 N–H and O–H groups in total. The van der Waals surface area contributed by atoms with Gasteiger partial charge in [0.05, 0.1) is 12.2 Å². The number of carbonyl (C=O) groups excluding carboxylic acids is 1. The number of Topliss-reactive ketones (excluding diaryl/α,β-unsaturated/α-hetero) is 1. The third-order valence-corrected chi connectivity index (χ3v) is 5.79. The Morgan fingerprint density at radius 3 is 2.53 bits per heavy atom. The van der Waals surface area contributed by atoms with E-state index < -0.39 is 0 Å². The Kier molecular flexibility index (Phi) is 7.19. The van der Waals surface area contributed by atoms with Crippen molar-refractivity contribution in [3.63, 3.8) is 0 Å².